The maximum Gasteiger partial charge on any atom is 0.338 e. The highest BCUT2D eigenvalue weighted by atomic mass is 16.5. The molecule has 0 saturated heterocycles. The first-order valence-electron chi connectivity index (χ1n) is 7.62. The topological polar surface area (TPSA) is 42.1 Å². The smallest absolute Gasteiger partial charge is 0.338 e. The van der Waals surface area contributed by atoms with E-state index in [-0.39, 0.29) is 5.97 Å². The second-order valence-electron chi connectivity index (χ2n) is 5.81. The monoisotopic (exact) mass is 299 g/mol. The Bertz CT molecular complexity index is 1080. The van der Waals surface area contributed by atoms with Crippen LogP contribution in [0.5, 0.6) is 0 Å². The highest BCUT2D eigenvalue weighted by molar-refractivity contribution is 6.15. The summed E-state index contributed by atoms with van der Waals surface area (Å²) < 4.78 is 5.29. The molecular formula is C20H13NO2. The summed E-state index contributed by atoms with van der Waals surface area (Å²) in [6.07, 6.45) is 0. The quantitative estimate of drug-likeness (QED) is 0.519. The Labute approximate surface area is 132 Å². The maximum atomic E-state index is 12.1. The van der Waals surface area contributed by atoms with Crippen LogP contribution in [0.25, 0.3) is 32.9 Å². The molecule has 23 heavy (non-hydrogen) atoms. The van der Waals surface area contributed by atoms with Crippen LogP contribution in [-0.4, -0.2) is 11.0 Å². The zero-order valence-electron chi connectivity index (χ0n) is 12.3. The van der Waals surface area contributed by atoms with Crippen LogP contribution in [0.1, 0.15) is 15.9 Å². The number of aromatic nitrogens is 1. The van der Waals surface area contributed by atoms with Crippen LogP contribution in [-0.2, 0) is 11.3 Å². The summed E-state index contributed by atoms with van der Waals surface area (Å²) in [4.78, 5) is 15.6. The molecular weight excluding hydrogens is 286 g/mol. The summed E-state index contributed by atoms with van der Waals surface area (Å²) >= 11 is 0. The van der Waals surface area contributed by atoms with Crippen molar-refractivity contribution in [2.45, 2.75) is 6.61 Å². The Kier molecular flexibility index (Phi) is 2.42. The van der Waals surface area contributed by atoms with Crippen molar-refractivity contribution in [1.82, 2.24) is 4.98 Å². The Balaban J connectivity index is 2.00. The fourth-order valence-corrected chi connectivity index (χ4v) is 3.50. The van der Waals surface area contributed by atoms with Gasteiger partial charge in [0.2, 0.25) is 0 Å². The normalized spacial score (nSPS) is 13.5. The van der Waals surface area contributed by atoms with E-state index in [9.17, 15) is 4.79 Å². The predicted molar refractivity (Wildman–Crippen MR) is 90.4 cm³/mol. The number of carbonyl (C=O) groups is 1. The zero-order valence-corrected chi connectivity index (χ0v) is 12.3. The van der Waals surface area contributed by atoms with Crippen LogP contribution < -0.4 is 0 Å². The Morgan fingerprint density at radius 3 is 2.57 bits per heavy atom. The van der Waals surface area contributed by atoms with Gasteiger partial charge in [-0.05, 0) is 17.7 Å². The van der Waals surface area contributed by atoms with E-state index in [1.54, 1.807) is 0 Å². The van der Waals surface area contributed by atoms with Crippen molar-refractivity contribution >= 4 is 27.8 Å². The first kappa shape index (κ1) is 12.5. The molecule has 2 heterocycles. The number of H-pyrrole nitrogens is 1. The van der Waals surface area contributed by atoms with Crippen molar-refractivity contribution in [3.63, 3.8) is 0 Å². The molecule has 110 valence electrons. The van der Waals surface area contributed by atoms with Gasteiger partial charge in [-0.25, -0.2) is 4.79 Å². The Morgan fingerprint density at radius 1 is 0.913 bits per heavy atom. The second kappa shape index (κ2) is 4.46. The van der Waals surface area contributed by atoms with Crippen LogP contribution >= 0.6 is 0 Å². The lowest BCUT2D eigenvalue weighted by atomic mass is 9.93. The van der Waals surface area contributed by atoms with Crippen LogP contribution in [0, 0.1) is 0 Å². The summed E-state index contributed by atoms with van der Waals surface area (Å²) in [7, 11) is 0. The van der Waals surface area contributed by atoms with Gasteiger partial charge in [0.25, 0.3) is 0 Å². The lowest BCUT2D eigenvalue weighted by Gasteiger charge is -2.08. The molecule has 0 spiro atoms. The van der Waals surface area contributed by atoms with Crippen molar-refractivity contribution in [2.24, 2.45) is 0 Å². The Morgan fingerprint density at radius 2 is 1.70 bits per heavy atom. The molecule has 0 saturated carbocycles. The third-order valence-corrected chi connectivity index (χ3v) is 4.54. The van der Waals surface area contributed by atoms with Crippen molar-refractivity contribution in [3.8, 4) is 11.1 Å². The number of cyclic esters (lactones) is 1. The standard InChI is InChI=1S/C20H13NO2/c22-20-15-10-14-13-8-4-5-9-17(13)21-19(14)18(16(15)11-23-20)12-6-2-1-3-7-12/h1-10,21H,11H2. The van der Waals surface area contributed by atoms with Gasteiger partial charge in [0.15, 0.2) is 0 Å². The average molecular weight is 299 g/mol. The number of esters is 1. The highest BCUT2D eigenvalue weighted by Crippen LogP contribution is 2.40. The van der Waals surface area contributed by atoms with Crippen LogP contribution in [0.4, 0.5) is 0 Å². The molecule has 1 aliphatic heterocycles. The number of para-hydroxylation sites is 1. The van der Waals surface area contributed by atoms with Gasteiger partial charge in [0.1, 0.15) is 6.61 Å². The van der Waals surface area contributed by atoms with E-state index >= 15 is 0 Å². The molecule has 1 aliphatic rings. The van der Waals surface area contributed by atoms with Crippen LogP contribution in [0.15, 0.2) is 60.7 Å². The highest BCUT2D eigenvalue weighted by Gasteiger charge is 2.27. The minimum absolute atomic E-state index is 0.232. The van der Waals surface area contributed by atoms with Crippen molar-refractivity contribution in [2.75, 3.05) is 0 Å². The fraction of sp³-hybridized carbons (Fsp3) is 0.0500. The third kappa shape index (κ3) is 1.67. The number of aromatic amines is 1. The van der Waals surface area contributed by atoms with Crippen LogP contribution in [0.3, 0.4) is 0 Å². The molecule has 0 aliphatic carbocycles. The molecule has 0 fully saturated rings. The first-order valence-corrected chi connectivity index (χ1v) is 7.62. The van der Waals surface area contributed by atoms with Gasteiger partial charge in [0, 0.05) is 27.4 Å². The number of nitrogens with one attached hydrogen (secondary N) is 1. The summed E-state index contributed by atoms with van der Waals surface area (Å²) in [5.74, 6) is -0.232. The molecule has 0 bridgehead atoms. The number of carbonyl (C=O) groups excluding carboxylic acids is 1. The molecule has 3 heteroatoms. The first-order chi connectivity index (χ1) is 11.3. The molecule has 0 amide bonds. The predicted octanol–water partition coefficient (Wildman–Crippen LogP) is 4.66. The second-order valence-corrected chi connectivity index (χ2v) is 5.81. The van der Waals surface area contributed by atoms with E-state index in [1.165, 1.54) is 0 Å². The third-order valence-electron chi connectivity index (χ3n) is 4.54. The summed E-state index contributed by atoms with van der Waals surface area (Å²) in [6, 6.07) is 20.3. The average Bonchev–Trinajstić information content (AvgIpc) is 3.15. The van der Waals surface area contributed by atoms with Gasteiger partial charge in [-0.15, -0.1) is 0 Å². The van der Waals surface area contributed by atoms with Gasteiger partial charge >= 0.3 is 5.97 Å². The van der Waals surface area contributed by atoms with E-state index in [0.717, 1.165) is 38.5 Å². The minimum atomic E-state index is -0.232. The van der Waals surface area contributed by atoms with E-state index in [4.69, 9.17) is 4.74 Å². The number of benzene rings is 3. The minimum Gasteiger partial charge on any atom is -0.457 e. The van der Waals surface area contributed by atoms with Gasteiger partial charge in [-0.3, -0.25) is 0 Å². The molecule has 3 aromatic carbocycles. The number of ether oxygens (including phenoxy) is 1. The number of rotatable bonds is 1. The molecule has 0 unspecified atom stereocenters. The van der Waals surface area contributed by atoms with E-state index in [0.29, 0.717) is 12.2 Å². The zero-order chi connectivity index (χ0) is 15.4. The van der Waals surface area contributed by atoms with E-state index in [1.807, 2.05) is 36.4 Å². The van der Waals surface area contributed by atoms with Crippen LogP contribution in [0.2, 0.25) is 0 Å². The van der Waals surface area contributed by atoms with E-state index in [2.05, 4.69) is 29.2 Å². The summed E-state index contributed by atoms with van der Waals surface area (Å²) in [5, 5.41) is 2.19. The lowest BCUT2D eigenvalue weighted by Crippen LogP contribution is -1.95. The molecule has 1 N–H and O–H groups in total. The molecule has 4 aromatic rings. The van der Waals surface area contributed by atoms with Gasteiger partial charge in [-0.1, -0.05) is 48.5 Å². The number of hydrogen-bond acceptors (Lipinski definition) is 2. The molecule has 0 radical (unpaired) electrons. The SMILES string of the molecule is O=C1OCc2c1cc1c([nH]c3ccccc31)c2-c1ccccc1. The molecule has 3 nitrogen and oxygen atoms in total. The number of hydrogen-bond donors (Lipinski definition) is 1. The molecule has 1 aromatic heterocycles. The van der Waals surface area contributed by atoms with Gasteiger partial charge in [0.05, 0.1) is 11.1 Å². The fourth-order valence-electron chi connectivity index (χ4n) is 3.50. The molecule has 5 rings (SSSR count). The van der Waals surface area contributed by atoms with Gasteiger partial charge < -0.3 is 9.72 Å². The summed E-state index contributed by atoms with van der Waals surface area (Å²) in [6.45, 7) is 0.337. The summed E-state index contributed by atoms with van der Waals surface area (Å²) in [5.41, 5.74) is 5.96. The van der Waals surface area contributed by atoms with Crippen molar-refractivity contribution in [1.29, 1.82) is 0 Å². The number of fused-ring (bicyclic) bond motifs is 4. The Hall–Kier alpha value is -3.07. The lowest BCUT2D eigenvalue weighted by molar-refractivity contribution is 0.0535. The largest absolute Gasteiger partial charge is 0.457 e. The van der Waals surface area contributed by atoms with Crippen molar-refractivity contribution in [3.05, 3.63) is 71.8 Å². The van der Waals surface area contributed by atoms with Crippen molar-refractivity contribution < 1.29 is 9.53 Å². The molecule has 0 atom stereocenters. The van der Waals surface area contributed by atoms with E-state index < -0.39 is 0 Å². The maximum absolute atomic E-state index is 12.1. The van der Waals surface area contributed by atoms with Gasteiger partial charge in [-0.2, -0.15) is 0 Å².